The summed E-state index contributed by atoms with van der Waals surface area (Å²) in [5.41, 5.74) is 0.980. The molecule has 0 heterocycles. The Bertz CT molecular complexity index is 868. The van der Waals surface area contributed by atoms with Crippen LogP contribution in [0.25, 0.3) is 0 Å². The van der Waals surface area contributed by atoms with Gasteiger partial charge in [0.1, 0.15) is 6.04 Å². The summed E-state index contributed by atoms with van der Waals surface area (Å²) in [6.07, 6.45) is 0.890. The molecule has 2 aromatic rings. The van der Waals surface area contributed by atoms with Crippen molar-refractivity contribution in [2.45, 2.75) is 37.5 Å². The first-order valence-corrected chi connectivity index (χ1v) is 9.96. The summed E-state index contributed by atoms with van der Waals surface area (Å²) in [4.78, 5) is 37.5. The number of rotatable bonds is 9. The standard InChI is InChI=1S/C23H26N2O5/c1-30-23(29)18(14-15-12-13-15)24-22(28)20(26)19(16-8-4-2-5-9-16)25-21(27)17-10-6-3-7-11-17/h2-11,15,18-20,26H,12-14H2,1H3,(H,24,28)(H,25,27)/t18-,19+,20-/m1/s1. The monoisotopic (exact) mass is 410 g/mol. The molecule has 3 rings (SSSR count). The van der Waals surface area contributed by atoms with Crippen LogP contribution in [0.3, 0.4) is 0 Å². The van der Waals surface area contributed by atoms with Gasteiger partial charge in [-0.3, -0.25) is 9.59 Å². The first kappa shape index (κ1) is 21.5. The van der Waals surface area contributed by atoms with Gasteiger partial charge in [0.2, 0.25) is 0 Å². The number of esters is 1. The fourth-order valence-corrected chi connectivity index (χ4v) is 3.27. The Morgan fingerprint density at radius 1 is 1.00 bits per heavy atom. The average molecular weight is 410 g/mol. The Balaban J connectivity index is 1.76. The van der Waals surface area contributed by atoms with Gasteiger partial charge in [0.15, 0.2) is 6.10 Å². The number of ether oxygens (including phenoxy) is 1. The molecule has 0 bridgehead atoms. The number of carbonyl (C=O) groups is 3. The smallest absolute Gasteiger partial charge is 0.328 e. The molecule has 1 aliphatic rings. The Kier molecular flexibility index (Phi) is 7.19. The van der Waals surface area contributed by atoms with Crippen LogP contribution in [0.4, 0.5) is 0 Å². The number of aliphatic hydroxyl groups excluding tert-OH is 1. The van der Waals surface area contributed by atoms with Crippen molar-refractivity contribution in [2.75, 3.05) is 7.11 Å². The fraction of sp³-hybridized carbons (Fsp3) is 0.348. The Morgan fingerprint density at radius 2 is 1.60 bits per heavy atom. The molecule has 7 heteroatoms. The van der Waals surface area contributed by atoms with E-state index < -0.39 is 36.0 Å². The predicted octanol–water partition coefficient (Wildman–Crippen LogP) is 1.98. The zero-order valence-corrected chi connectivity index (χ0v) is 16.8. The number of methoxy groups -OCH3 is 1. The van der Waals surface area contributed by atoms with Gasteiger partial charge in [-0.05, 0) is 30.0 Å². The molecule has 3 atom stereocenters. The molecule has 0 aromatic heterocycles. The third-order valence-electron chi connectivity index (χ3n) is 5.13. The minimum absolute atomic E-state index is 0.370. The predicted molar refractivity (Wildman–Crippen MR) is 110 cm³/mol. The van der Waals surface area contributed by atoms with E-state index >= 15 is 0 Å². The number of hydrogen-bond donors (Lipinski definition) is 3. The van der Waals surface area contributed by atoms with E-state index in [1.807, 2.05) is 0 Å². The summed E-state index contributed by atoms with van der Waals surface area (Å²) < 4.78 is 4.78. The maximum atomic E-state index is 12.8. The molecule has 0 unspecified atom stereocenters. The van der Waals surface area contributed by atoms with E-state index in [4.69, 9.17) is 4.74 Å². The number of benzene rings is 2. The molecule has 1 aliphatic carbocycles. The molecular weight excluding hydrogens is 384 g/mol. The van der Waals surface area contributed by atoms with Crippen LogP contribution in [-0.4, -0.2) is 42.1 Å². The van der Waals surface area contributed by atoms with Crippen molar-refractivity contribution in [3.05, 3.63) is 71.8 Å². The van der Waals surface area contributed by atoms with Crippen molar-refractivity contribution in [1.29, 1.82) is 0 Å². The maximum Gasteiger partial charge on any atom is 0.328 e. The van der Waals surface area contributed by atoms with Gasteiger partial charge in [0.25, 0.3) is 11.8 Å². The van der Waals surface area contributed by atoms with Crippen molar-refractivity contribution in [1.82, 2.24) is 10.6 Å². The summed E-state index contributed by atoms with van der Waals surface area (Å²) in [7, 11) is 1.26. The lowest BCUT2D eigenvalue weighted by Crippen LogP contribution is -2.50. The van der Waals surface area contributed by atoms with Gasteiger partial charge in [-0.1, -0.05) is 61.4 Å². The van der Waals surface area contributed by atoms with Crippen molar-refractivity contribution >= 4 is 17.8 Å². The number of aliphatic hydroxyl groups is 1. The highest BCUT2D eigenvalue weighted by Crippen LogP contribution is 2.33. The molecular formula is C23H26N2O5. The van der Waals surface area contributed by atoms with E-state index in [1.165, 1.54) is 7.11 Å². The van der Waals surface area contributed by atoms with Gasteiger partial charge in [-0.15, -0.1) is 0 Å². The molecule has 0 aliphatic heterocycles. The molecule has 3 N–H and O–H groups in total. The van der Waals surface area contributed by atoms with Crippen LogP contribution in [0.1, 0.15) is 41.2 Å². The second-order valence-electron chi connectivity index (χ2n) is 7.44. The summed E-state index contributed by atoms with van der Waals surface area (Å²) in [5.74, 6) is -1.34. The van der Waals surface area contributed by atoms with E-state index in [0.717, 1.165) is 12.8 Å². The molecule has 30 heavy (non-hydrogen) atoms. The van der Waals surface area contributed by atoms with E-state index in [-0.39, 0.29) is 0 Å². The van der Waals surface area contributed by atoms with E-state index in [9.17, 15) is 19.5 Å². The first-order valence-electron chi connectivity index (χ1n) is 9.96. The van der Waals surface area contributed by atoms with E-state index in [1.54, 1.807) is 60.7 Å². The zero-order valence-electron chi connectivity index (χ0n) is 16.8. The summed E-state index contributed by atoms with van der Waals surface area (Å²) >= 11 is 0. The van der Waals surface area contributed by atoms with Gasteiger partial charge in [0, 0.05) is 5.56 Å². The summed E-state index contributed by atoms with van der Waals surface area (Å²) in [6, 6.07) is 15.5. The molecule has 0 radical (unpaired) electrons. The molecule has 2 aromatic carbocycles. The Labute approximate surface area is 175 Å². The third-order valence-corrected chi connectivity index (χ3v) is 5.13. The molecule has 2 amide bonds. The van der Waals surface area contributed by atoms with Crippen molar-refractivity contribution in [3.63, 3.8) is 0 Å². The van der Waals surface area contributed by atoms with Crippen LogP contribution >= 0.6 is 0 Å². The molecule has 0 spiro atoms. The molecule has 158 valence electrons. The van der Waals surface area contributed by atoms with Gasteiger partial charge in [-0.25, -0.2) is 4.79 Å². The van der Waals surface area contributed by atoms with Gasteiger partial charge < -0.3 is 20.5 Å². The Hall–Kier alpha value is -3.19. The third kappa shape index (κ3) is 5.67. The lowest BCUT2D eigenvalue weighted by atomic mass is 9.99. The number of carbonyl (C=O) groups excluding carboxylic acids is 3. The number of hydrogen-bond acceptors (Lipinski definition) is 5. The minimum Gasteiger partial charge on any atom is -0.467 e. The van der Waals surface area contributed by atoms with Crippen LogP contribution < -0.4 is 10.6 Å². The van der Waals surface area contributed by atoms with E-state index in [2.05, 4.69) is 10.6 Å². The Morgan fingerprint density at radius 3 is 2.17 bits per heavy atom. The first-order chi connectivity index (χ1) is 14.5. The van der Waals surface area contributed by atoms with Crippen LogP contribution in [0.5, 0.6) is 0 Å². The van der Waals surface area contributed by atoms with Gasteiger partial charge >= 0.3 is 5.97 Å². The lowest BCUT2D eigenvalue weighted by Gasteiger charge is -2.26. The second kappa shape index (κ2) is 10.0. The maximum absolute atomic E-state index is 12.8. The van der Waals surface area contributed by atoms with Crippen LogP contribution in [-0.2, 0) is 14.3 Å². The average Bonchev–Trinajstić information content (AvgIpc) is 3.61. The number of amides is 2. The topological polar surface area (TPSA) is 105 Å². The van der Waals surface area contributed by atoms with Crippen LogP contribution in [0.2, 0.25) is 0 Å². The van der Waals surface area contributed by atoms with Crippen molar-refractivity contribution in [3.8, 4) is 0 Å². The summed E-state index contributed by atoms with van der Waals surface area (Å²) in [6.45, 7) is 0. The highest BCUT2D eigenvalue weighted by atomic mass is 16.5. The van der Waals surface area contributed by atoms with Crippen molar-refractivity contribution in [2.24, 2.45) is 5.92 Å². The van der Waals surface area contributed by atoms with Crippen LogP contribution in [0.15, 0.2) is 60.7 Å². The normalized spacial score (nSPS) is 16.1. The number of nitrogens with one attached hydrogen (secondary N) is 2. The minimum atomic E-state index is -1.59. The SMILES string of the molecule is COC(=O)[C@@H](CC1CC1)NC(=O)[C@H](O)[C@@H](NC(=O)c1ccccc1)c1ccccc1. The van der Waals surface area contributed by atoms with Crippen LogP contribution in [0, 0.1) is 5.92 Å². The molecule has 1 saturated carbocycles. The molecule has 7 nitrogen and oxygen atoms in total. The highest BCUT2D eigenvalue weighted by molar-refractivity contribution is 5.95. The van der Waals surface area contributed by atoms with Crippen molar-refractivity contribution < 1.29 is 24.2 Å². The lowest BCUT2D eigenvalue weighted by molar-refractivity contribution is -0.147. The van der Waals surface area contributed by atoms with E-state index in [0.29, 0.717) is 23.5 Å². The molecule has 0 saturated heterocycles. The van der Waals surface area contributed by atoms with Gasteiger partial charge in [0.05, 0.1) is 13.2 Å². The fourth-order valence-electron chi connectivity index (χ4n) is 3.27. The van der Waals surface area contributed by atoms with Gasteiger partial charge in [-0.2, -0.15) is 0 Å². The largest absolute Gasteiger partial charge is 0.467 e. The second-order valence-corrected chi connectivity index (χ2v) is 7.44. The quantitative estimate of drug-likeness (QED) is 0.549. The zero-order chi connectivity index (χ0) is 21.5. The summed E-state index contributed by atoms with van der Waals surface area (Å²) in [5, 5.41) is 16.1. The highest BCUT2D eigenvalue weighted by Gasteiger charge is 2.35. The molecule has 1 fully saturated rings.